The molecule has 1 fully saturated rings. The van der Waals surface area contributed by atoms with Crippen molar-refractivity contribution in [2.45, 2.75) is 32.3 Å². The van der Waals surface area contributed by atoms with Crippen LogP contribution in [-0.4, -0.2) is 22.2 Å². The Balaban J connectivity index is 2.39. The van der Waals surface area contributed by atoms with Gasteiger partial charge >= 0.3 is 0 Å². The molecule has 0 aliphatic carbocycles. The smallest absolute Gasteiger partial charge is 0.0627 e. The largest absolute Gasteiger partial charge is 0.390 e. The molecule has 1 aliphatic rings. The molecule has 2 heteroatoms. The van der Waals surface area contributed by atoms with E-state index in [2.05, 4.69) is 0 Å². The first-order chi connectivity index (χ1) is 4.61. The molecule has 1 nitrogen and oxygen atoms in total. The average Bonchev–Trinajstić information content (AvgIpc) is 1.88. The fourth-order valence-electron chi connectivity index (χ4n) is 1.30. The predicted molar refractivity (Wildman–Crippen MR) is 46.3 cm³/mol. The van der Waals surface area contributed by atoms with Crippen LogP contribution < -0.4 is 0 Å². The number of hydrogen-bond acceptors (Lipinski definition) is 2. The zero-order valence-electron chi connectivity index (χ0n) is 6.76. The molecular formula is C8H16OS. The molecule has 0 aromatic carbocycles. The first-order valence-electron chi connectivity index (χ1n) is 3.91. The van der Waals surface area contributed by atoms with Gasteiger partial charge in [0.1, 0.15) is 0 Å². The fourth-order valence-corrected chi connectivity index (χ4v) is 2.69. The van der Waals surface area contributed by atoms with Crippen molar-refractivity contribution >= 4 is 11.8 Å². The summed E-state index contributed by atoms with van der Waals surface area (Å²) in [5.74, 6) is 2.95. The van der Waals surface area contributed by atoms with Crippen LogP contribution in [0.15, 0.2) is 0 Å². The summed E-state index contributed by atoms with van der Waals surface area (Å²) in [6, 6.07) is 0. The summed E-state index contributed by atoms with van der Waals surface area (Å²) in [4.78, 5) is 0. The molecule has 0 amide bonds. The quantitative estimate of drug-likeness (QED) is 0.632. The van der Waals surface area contributed by atoms with Gasteiger partial charge in [-0.1, -0.05) is 0 Å². The zero-order valence-corrected chi connectivity index (χ0v) is 7.58. The van der Waals surface area contributed by atoms with Gasteiger partial charge < -0.3 is 5.11 Å². The second-order valence-electron chi connectivity index (χ2n) is 3.57. The van der Waals surface area contributed by atoms with Gasteiger partial charge in [0.2, 0.25) is 0 Å². The van der Waals surface area contributed by atoms with E-state index in [1.807, 2.05) is 25.6 Å². The lowest BCUT2D eigenvalue weighted by Crippen LogP contribution is -2.34. The van der Waals surface area contributed by atoms with Crippen molar-refractivity contribution < 1.29 is 5.11 Å². The van der Waals surface area contributed by atoms with Gasteiger partial charge in [-0.3, -0.25) is 0 Å². The summed E-state index contributed by atoms with van der Waals surface area (Å²) in [7, 11) is 0. The highest BCUT2D eigenvalue weighted by Crippen LogP contribution is 2.30. The van der Waals surface area contributed by atoms with Gasteiger partial charge in [-0.25, -0.2) is 0 Å². The van der Waals surface area contributed by atoms with Gasteiger partial charge in [0, 0.05) is 0 Å². The van der Waals surface area contributed by atoms with Crippen LogP contribution in [0.3, 0.4) is 0 Å². The van der Waals surface area contributed by atoms with E-state index >= 15 is 0 Å². The highest BCUT2D eigenvalue weighted by Gasteiger charge is 2.27. The summed E-state index contributed by atoms with van der Waals surface area (Å²) in [6.07, 6.45) is 2.48. The summed E-state index contributed by atoms with van der Waals surface area (Å²) in [5, 5.41) is 9.63. The molecule has 0 saturated carbocycles. The number of thioether (sulfide) groups is 1. The second kappa shape index (κ2) is 3.14. The van der Waals surface area contributed by atoms with Crippen molar-refractivity contribution in [2.24, 2.45) is 5.92 Å². The maximum atomic E-state index is 9.63. The first kappa shape index (κ1) is 8.41. The molecule has 0 aromatic rings. The molecule has 1 heterocycles. The van der Waals surface area contributed by atoms with Gasteiger partial charge in [-0.2, -0.15) is 11.8 Å². The normalized spacial score (nSPS) is 28.5. The maximum absolute atomic E-state index is 9.63. The van der Waals surface area contributed by atoms with Crippen LogP contribution in [0.25, 0.3) is 0 Å². The highest BCUT2D eigenvalue weighted by atomic mass is 32.2. The van der Waals surface area contributed by atoms with Crippen molar-refractivity contribution in [2.75, 3.05) is 11.5 Å². The van der Waals surface area contributed by atoms with E-state index < -0.39 is 5.60 Å². The molecule has 0 radical (unpaired) electrons. The van der Waals surface area contributed by atoms with Crippen LogP contribution in [0.5, 0.6) is 0 Å². The molecule has 1 aliphatic heterocycles. The molecule has 10 heavy (non-hydrogen) atoms. The molecule has 1 saturated heterocycles. The molecule has 0 spiro atoms. The van der Waals surface area contributed by atoms with Crippen molar-refractivity contribution in [3.8, 4) is 0 Å². The van der Waals surface area contributed by atoms with Crippen molar-refractivity contribution in [3.05, 3.63) is 0 Å². The van der Waals surface area contributed by atoms with E-state index in [-0.39, 0.29) is 0 Å². The molecule has 0 aromatic heterocycles. The van der Waals surface area contributed by atoms with E-state index in [0.29, 0.717) is 5.92 Å². The molecule has 1 N–H and O–H groups in total. The Bertz CT molecular complexity index is 100. The summed E-state index contributed by atoms with van der Waals surface area (Å²) < 4.78 is 0. The lowest BCUT2D eigenvalue weighted by atomic mass is 9.89. The Morgan fingerprint density at radius 3 is 2.50 bits per heavy atom. The number of rotatable bonds is 1. The third-order valence-electron chi connectivity index (χ3n) is 2.16. The second-order valence-corrected chi connectivity index (χ2v) is 4.72. The first-order valence-corrected chi connectivity index (χ1v) is 5.06. The predicted octanol–water partition coefficient (Wildman–Crippen LogP) is 1.90. The van der Waals surface area contributed by atoms with E-state index in [1.165, 1.54) is 18.6 Å². The van der Waals surface area contributed by atoms with Gasteiger partial charge in [-0.05, 0) is 44.1 Å². The van der Waals surface area contributed by atoms with Crippen LogP contribution in [0.4, 0.5) is 0 Å². The van der Waals surface area contributed by atoms with Gasteiger partial charge in [-0.15, -0.1) is 0 Å². The molecular weight excluding hydrogens is 144 g/mol. The Hall–Kier alpha value is 0.310. The van der Waals surface area contributed by atoms with Crippen molar-refractivity contribution in [3.63, 3.8) is 0 Å². The average molecular weight is 160 g/mol. The van der Waals surface area contributed by atoms with Crippen LogP contribution in [0.2, 0.25) is 0 Å². The van der Waals surface area contributed by atoms with Gasteiger partial charge in [0.15, 0.2) is 0 Å². The summed E-state index contributed by atoms with van der Waals surface area (Å²) in [5.41, 5.74) is -0.451. The monoisotopic (exact) mass is 160 g/mol. The van der Waals surface area contributed by atoms with Gasteiger partial charge in [0.25, 0.3) is 0 Å². The molecule has 1 rings (SSSR count). The Morgan fingerprint density at radius 1 is 1.50 bits per heavy atom. The minimum atomic E-state index is -0.451. The topological polar surface area (TPSA) is 20.2 Å². The van der Waals surface area contributed by atoms with Crippen molar-refractivity contribution in [1.29, 1.82) is 0 Å². The molecule has 60 valence electrons. The Morgan fingerprint density at radius 2 is 2.20 bits per heavy atom. The van der Waals surface area contributed by atoms with Crippen LogP contribution in [-0.2, 0) is 0 Å². The fraction of sp³-hybridized carbons (Fsp3) is 1.00. The van der Waals surface area contributed by atoms with Gasteiger partial charge in [0.05, 0.1) is 5.60 Å². The van der Waals surface area contributed by atoms with E-state index in [9.17, 15) is 5.11 Å². The molecule has 0 bridgehead atoms. The van der Waals surface area contributed by atoms with E-state index in [4.69, 9.17) is 0 Å². The SMILES string of the molecule is CC(C)(O)C1CCCSC1. The van der Waals surface area contributed by atoms with Crippen LogP contribution >= 0.6 is 11.8 Å². The standard InChI is InChI=1S/C8H16OS/c1-8(2,9)7-4-3-5-10-6-7/h7,9H,3-6H2,1-2H3. The lowest BCUT2D eigenvalue weighted by molar-refractivity contribution is 0.0222. The Kier molecular flexibility index (Phi) is 2.64. The minimum absolute atomic E-state index is 0.451. The van der Waals surface area contributed by atoms with E-state index in [0.717, 1.165) is 5.75 Å². The highest BCUT2D eigenvalue weighted by molar-refractivity contribution is 7.99. The lowest BCUT2D eigenvalue weighted by Gasteiger charge is -2.31. The van der Waals surface area contributed by atoms with E-state index in [1.54, 1.807) is 0 Å². The van der Waals surface area contributed by atoms with Crippen LogP contribution in [0, 0.1) is 5.92 Å². The molecule has 1 unspecified atom stereocenters. The number of aliphatic hydroxyl groups is 1. The third-order valence-corrected chi connectivity index (χ3v) is 3.37. The molecule has 1 atom stereocenters. The number of hydrogen-bond donors (Lipinski definition) is 1. The minimum Gasteiger partial charge on any atom is -0.390 e. The maximum Gasteiger partial charge on any atom is 0.0627 e. The Labute approximate surface area is 67.2 Å². The van der Waals surface area contributed by atoms with Crippen LogP contribution in [0.1, 0.15) is 26.7 Å². The van der Waals surface area contributed by atoms with Crippen molar-refractivity contribution in [1.82, 2.24) is 0 Å². The third kappa shape index (κ3) is 2.17. The zero-order chi connectivity index (χ0) is 7.61. The summed E-state index contributed by atoms with van der Waals surface area (Å²) in [6.45, 7) is 3.84. The summed E-state index contributed by atoms with van der Waals surface area (Å²) >= 11 is 1.97.